The summed E-state index contributed by atoms with van der Waals surface area (Å²) in [5, 5.41) is 13.1. The van der Waals surface area contributed by atoms with Crippen molar-refractivity contribution in [2.75, 3.05) is 0 Å². The molecule has 0 atom stereocenters. The molecule has 2 rings (SSSR count). The first kappa shape index (κ1) is 14.8. The first-order chi connectivity index (χ1) is 9.25. The first-order valence-corrected chi connectivity index (χ1v) is 6.67. The van der Waals surface area contributed by atoms with Crippen molar-refractivity contribution in [3.8, 4) is 0 Å². The summed E-state index contributed by atoms with van der Waals surface area (Å²) in [6, 6.07) is 9.48. The second-order valence-electron chi connectivity index (χ2n) is 6.13. The minimum absolute atomic E-state index is 0.215. The Kier molecular flexibility index (Phi) is 3.71. The largest absolute Gasteiger partial charge is 0.457 e. The third kappa shape index (κ3) is 2.62. The Morgan fingerprint density at radius 3 is 2.25 bits per heavy atom. The summed E-state index contributed by atoms with van der Waals surface area (Å²) in [5.74, 6) is -0.426. The van der Waals surface area contributed by atoms with E-state index in [0.29, 0.717) is 5.57 Å². The Hall–Kier alpha value is -1.65. The van der Waals surface area contributed by atoms with Crippen molar-refractivity contribution in [2.24, 2.45) is 0 Å². The minimum atomic E-state index is -0.864. The molecule has 4 nitrogen and oxygen atoms in total. The highest BCUT2D eigenvalue weighted by Gasteiger charge is 2.49. The van der Waals surface area contributed by atoms with Gasteiger partial charge in [0.15, 0.2) is 0 Å². The Morgan fingerprint density at radius 2 is 1.75 bits per heavy atom. The van der Waals surface area contributed by atoms with Crippen LogP contribution in [0.1, 0.15) is 33.3 Å². The van der Waals surface area contributed by atoms with Gasteiger partial charge in [-0.2, -0.15) is 0 Å². The van der Waals surface area contributed by atoms with Gasteiger partial charge in [0.1, 0.15) is 6.61 Å². The van der Waals surface area contributed by atoms with Crippen molar-refractivity contribution in [3.05, 3.63) is 47.5 Å². The average molecular weight is 274 g/mol. The van der Waals surface area contributed by atoms with E-state index in [4.69, 9.17) is 4.74 Å². The van der Waals surface area contributed by atoms with Gasteiger partial charge in [-0.1, -0.05) is 30.3 Å². The lowest BCUT2D eigenvalue weighted by Gasteiger charge is -2.33. The van der Waals surface area contributed by atoms with Gasteiger partial charge in [-0.3, -0.25) is 0 Å². The van der Waals surface area contributed by atoms with E-state index in [2.05, 4.69) is 0 Å². The Morgan fingerprint density at radius 1 is 1.15 bits per heavy atom. The van der Waals surface area contributed by atoms with Crippen molar-refractivity contribution in [1.29, 1.82) is 0 Å². The van der Waals surface area contributed by atoms with Gasteiger partial charge in [0.2, 0.25) is 0 Å². The molecule has 1 aliphatic rings. The molecule has 0 N–H and O–H groups in total. The van der Waals surface area contributed by atoms with E-state index in [-0.39, 0.29) is 6.61 Å². The molecule has 1 aromatic carbocycles. The van der Waals surface area contributed by atoms with Crippen LogP contribution in [0.3, 0.4) is 0 Å². The molecule has 1 heterocycles. The summed E-state index contributed by atoms with van der Waals surface area (Å²) in [7, 11) is 0. The Balaban J connectivity index is 2.10. The van der Waals surface area contributed by atoms with Gasteiger partial charge in [0.05, 0.1) is 16.7 Å². The molecule has 0 saturated carbocycles. The molecular weight excluding hydrogens is 254 g/mol. The number of esters is 1. The van der Waals surface area contributed by atoms with Crippen LogP contribution < -0.4 is 0 Å². The van der Waals surface area contributed by atoms with Crippen molar-refractivity contribution >= 4 is 5.97 Å². The first-order valence-electron chi connectivity index (χ1n) is 6.67. The van der Waals surface area contributed by atoms with E-state index in [1.54, 1.807) is 33.8 Å². The zero-order valence-electron chi connectivity index (χ0n) is 12.3. The smallest absolute Gasteiger partial charge is 0.336 e. The summed E-state index contributed by atoms with van der Waals surface area (Å²) in [4.78, 5) is 12.2. The lowest BCUT2D eigenvalue weighted by atomic mass is 9.97. The SMILES string of the molecule is CC1(C)C=C(C(=O)OCc2ccccc2)C(C)(C)N1[O]. The van der Waals surface area contributed by atoms with Crippen LogP contribution in [0.25, 0.3) is 0 Å². The second kappa shape index (κ2) is 5.04. The van der Waals surface area contributed by atoms with Crippen molar-refractivity contribution in [2.45, 2.75) is 45.4 Å². The van der Waals surface area contributed by atoms with Gasteiger partial charge in [-0.25, -0.2) is 4.79 Å². The number of rotatable bonds is 3. The van der Waals surface area contributed by atoms with E-state index in [1.807, 2.05) is 30.3 Å². The van der Waals surface area contributed by atoms with Crippen LogP contribution in [0.5, 0.6) is 0 Å². The number of hydrogen-bond acceptors (Lipinski definition) is 3. The fraction of sp³-hybridized carbons (Fsp3) is 0.438. The van der Waals surface area contributed by atoms with Crippen LogP contribution in [0.4, 0.5) is 0 Å². The molecule has 1 radical (unpaired) electrons. The third-order valence-electron chi connectivity index (χ3n) is 3.62. The molecule has 0 fully saturated rings. The number of carbonyl (C=O) groups excluding carboxylic acids is 1. The van der Waals surface area contributed by atoms with Gasteiger partial charge in [0.25, 0.3) is 0 Å². The second-order valence-corrected chi connectivity index (χ2v) is 6.13. The summed E-state index contributed by atoms with van der Waals surface area (Å²) in [6.45, 7) is 7.28. The molecule has 1 aromatic rings. The molecule has 107 valence electrons. The van der Waals surface area contributed by atoms with Crippen LogP contribution >= 0.6 is 0 Å². The molecule has 1 aliphatic heterocycles. The van der Waals surface area contributed by atoms with Crippen molar-refractivity contribution in [1.82, 2.24) is 5.06 Å². The molecule has 0 bridgehead atoms. The number of nitrogens with zero attached hydrogens (tertiary/aromatic N) is 1. The van der Waals surface area contributed by atoms with Crippen LogP contribution in [0.15, 0.2) is 42.0 Å². The van der Waals surface area contributed by atoms with E-state index in [1.165, 1.54) is 0 Å². The van der Waals surface area contributed by atoms with E-state index < -0.39 is 17.0 Å². The molecule has 4 heteroatoms. The maximum atomic E-state index is 12.2. The van der Waals surface area contributed by atoms with E-state index in [9.17, 15) is 10.0 Å². The normalized spacial score (nSPS) is 20.6. The summed E-state index contributed by atoms with van der Waals surface area (Å²) >= 11 is 0. The number of ether oxygens (including phenoxy) is 1. The predicted octanol–water partition coefficient (Wildman–Crippen LogP) is 2.87. The van der Waals surface area contributed by atoms with Crippen LogP contribution in [-0.4, -0.2) is 22.1 Å². The van der Waals surface area contributed by atoms with Crippen molar-refractivity contribution in [3.63, 3.8) is 0 Å². The summed E-state index contributed by atoms with van der Waals surface area (Å²) in [6.07, 6.45) is 1.70. The van der Waals surface area contributed by atoms with Crippen LogP contribution in [0.2, 0.25) is 0 Å². The van der Waals surface area contributed by atoms with Gasteiger partial charge in [-0.15, -0.1) is 10.3 Å². The Bertz CT molecular complexity index is 532. The third-order valence-corrected chi connectivity index (χ3v) is 3.62. The minimum Gasteiger partial charge on any atom is -0.457 e. The maximum Gasteiger partial charge on any atom is 0.336 e. The fourth-order valence-electron chi connectivity index (χ4n) is 2.53. The standard InChI is InChI=1S/C16H20NO3/c1-15(2)10-13(16(3,4)17(15)19)14(18)20-11-12-8-6-5-7-9-12/h5-10H,11H2,1-4H3. The van der Waals surface area contributed by atoms with Gasteiger partial charge < -0.3 is 4.74 Å². The van der Waals surface area contributed by atoms with Gasteiger partial charge >= 0.3 is 5.97 Å². The molecule has 0 saturated heterocycles. The Labute approximate surface area is 119 Å². The van der Waals surface area contributed by atoms with Gasteiger partial charge in [-0.05, 0) is 39.3 Å². The molecule has 0 aliphatic carbocycles. The fourth-order valence-corrected chi connectivity index (χ4v) is 2.53. The average Bonchev–Trinajstić information content (AvgIpc) is 2.57. The topological polar surface area (TPSA) is 49.4 Å². The maximum absolute atomic E-state index is 12.2. The highest BCUT2D eigenvalue weighted by atomic mass is 16.5. The highest BCUT2D eigenvalue weighted by molar-refractivity contribution is 5.92. The molecule has 20 heavy (non-hydrogen) atoms. The number of hydroxylamine groups is 2. The van der Waals surface area contributed by atoms with E-state index >= 15 is 0 Å². The molecule has 0 spiro atoms. The van der Waals surface area contributed by atoms with Crippen molar-refractivity contribution < 1.29 is 14.7 Å². The molecule has 0 unspecified atom stereocenters. The molecule has 0 amide bonds. The zero-order chi connectivity index (χ0) is 15.0. The number of benzene rings is 1. The lowest BCUT2D eigenvalue weighted by Crippen LogP contribution is -2.47. The van der Waals surface area contributed by atoms with Gasteiger partial charge in [0, 0.05) is 0 Å². The number of carbonyl (C=O) groups is 1. The monoisotopic (exact) mass is 274 g/mol. The quantitative estimate of drug-likeness (QED) is 0.796. The summed E-state index contributed by atoms with van der Waals surface area (Å²) in [5.41, 5.74) is -0.203. The molecule has 0 aromatic heterocycles. The predicted molar refractivity (Wildman–Crippen MR) is 75.0 cm³/mol. The zero-order valence-corrected chi connectivity index (χ0v) is 12.3. The highest BCUT2D eigenvalue weighted by Crippen LogP contribution is 2.39. The number of hydrogen-bond donors (Lipinski definition) is 0. The lowest BCUT2D eigenvalue weighted by molar-refractivity contribution is -0.239. The van der Waals surface area contributed by atoms with E-state index in [0.717, 1.165) is 10.6 Å². The summed E-state index contributed by atoms with van der Waals surface area (Å²) < 4.78 is 5.32. The van der Waals surface area contributed by atoms with Crippen LogP contribution in [0, 0.1) is 0 Å². The van der Waals surface area contributed by atoms with Crippen LogP contribution in [-0.2, 0) is 21.3 Å². The molecular formula is C16H20NO3.